The summed E-state index contributed by atoms with van der Waals surface area (Å²) >= 11 is 6.08. The van der Waals surface area contributed by atoms with Gasteiger partial charge in [0.2, 0.25) is 5.95 Å². The molecule has 198 valence electrons. The number of anilines is 2. The normalized spacial score (nSPS) is 14.4. The van der Waals surface area contributed by atoms with Crippen LogP contribution in [0.3, 0.4) is 0 Å². The van der Waals surface area contributed by atoms with Gasteiger partial charge >= 0.3 is 0 Å². The molecule has 0 amide bonds. The number of rotatable bonds is 8. The standard InChI is InChI=1S/C27H29ClN6O3S/c1-3-17-13-18(14-19-16-29-27(31-25(17)19)30-20-9-5-4-6-10-20)26-22(37-2)15-24(32-33-26)34-38(35,36)23-12-8-7-11-21(23)28/h7-8,11-16,20H,3-6,9-10H2,1-2H3,(H,32,34)(H,29,30,31). The molecule has 5 rings (SSSR count). The van der Waals surface area contributed by atoms with Crippen LogP contribution in [0.2, 0.25) is 5.02 Å². The Morgan fingerprint density at radius 1 is 1.08 bits per heavy atom. The summed E-state index contributed by atoms with van der Waals surface area (Å²) in [6.45, 7) is 2.07. The molecular weight excluding hydrogens is 524 g/mol. The summed E-state index contributed by atoms with van der Waals surface area (Å²) in [5.41, 5.74) is 3.18. The van der Waals surface area contributed by atoms with Gasteiger partial charge in [0.05, 0.1) is 17.6 Å². The fourth-order valence-electron chi connectivity index (χ4n) is 4.76. The average molecular weight is 553 g/mol. The van der Waals surface area contributed by atoms with Crippen LogP contribution in [0.15, 0.2) is 53.6 Å². The van der Waals surface area contributed by atoms with Crippen LogP contribution in [0, 0.1) is 0 Å². The van der Waals surface area contributed by atoms with Crippen LogP contribution in [0.1, 0.15) is 44.6 Å². The van der Waals surface area contributed by atoms with Crippen LogP contribution in [-0.4, -0.2) is 41.7 Å². The molecule has 0 unspecified atom stereocenters. The van der Waals surface area contributed by atoms with Crippen molar-refractivity contribution in [1.29, 1.82) is 0 Å². The predicted molar refractivity (Wildman–Crippen MR) is 149 cm³/mol. The van der Waals surface area contributed by atoms with E-state index in [0.717, 1.165) is 41.3 Å². The first-order valence-corrected chi connectivity index (χ1v) is 14.5. The number of hydrogen-bond acceptors (Lipinski definition) is 8. The van der Waals surface area contributed by atoms with Crippen LogP contribution >= 0.6 is 11.6 Å². The maximum absolute atomic E-state index is 12.8. The van der Waals surface area contributed by atoms with E-state index in [9.17, 15) is 8.42 Å². The van der Waals surface area contributed by atoms with Gasteiger partial charge in [0, 0.05) is 29.3 Å². The van der Waals surface area contributed by atoms with Gasteiger partial charge in [-0.15, -0.1) is 10.2 Å². The van der Waals surface area contributed by atoms with E-state index < -0.39 is 10.0 Å². The van der Waals surface area contributed by atoms with Crippen molar-refractivity contribution in [3.63, 3.8) is 0 Å². The lowest BCUT2D eigenvalue weighted by Gasteiger charge is -2.22. The molecule has 2 N–H and O–H groups in total. The zero-order valence-corrected chi connectivity index (χ0v) is 22.8. The van der Waals surface area contributed by atoms with E-state index in [-0.39, 0.29) is 15.7 Å². The van der Waals surface area contributed by atoms with Gasteiger partial charge in [0.15, 0.2) is 11.6 Å². The Labute approximate surface area is 227 Å². The fraction of sp³-hybridized carbons (Fsp3) is 0.333. The third kappa shape index (κ3) is 5.51. The topological polar surface area (TPSA) is 119 Å². The molecule has 1 aliphatic carbocycles. The second-order valence-electron chi connectivity index (χ2n) is 9.28. The van der Waals surface area contributed by atoms with Crippen LogP contribution in [0.4, 0.5) is 11.8 Å². The summed E-state index contributed by atoms with van der Waals surface area (Å²) in [5, 5.41) is 12.9. The van der Waals surface area contributed by atoms with Gasteiger partial charge in [0.1, 0.15) is 10.6 Å². The molecule has 0 atom stereocenters. The van der Waals surface area contributed by atoms with E-state index in [1.165, 1.54) is 44.6 Å². The molecule has 38 heavy (non-hydrogen) atoms. The van der Waals surface area contributed by atoms with Gasteiger partial charge in [-0.2, -0.15) is 0 Å². The maximum atomic E-state index is 12.8. The lowest BCUT2D eigenvalue weighted by Crippen LogP contribution is -2.23. The summed E-state index contributed by atoms with van der Waals surface area (Å²) in [6, 6.07) is 12.1. The zero-order valence-electron chi connectivity index (χ0n) is 21.2. The Bertz CT molecular complexity index is 1570. The van der Waals surface area contributed by atoms with E-state index in [4.69, 9.17) is 21.3 Å². The number of methoxy groups -OCH3 is 1. The molecule has 0 saturated heterocycles. The highest BCUT2D eigenvalue weighted by molar-refractivity contribution is 7.92. The molecule has 11 heteroatoms. The van der Waals surface area contributed by atoms with Crippen molar-refractivity contribution in [3.8, 4) is 17.0 Å². The number of ether oxygens (including phenoxy) is 1. The monoisotopic (exact) mass is 552 g/mol. The highest BCUT2D eigenvalue weighted by Crippen LogP contribution is 2.34. The van der Waals surface area contributed by atoms with Gasteiger partial charge < -0.3 is 10.1 Å². The summed E-state index contributed by atoms with van der Waals surface area (Å²) < 4.78 is 33.7. The highest BCUT2D eigenvalue weighted by Gasteiger charge is 2.21. The minimum Gasteiger partial charge on any atom is -0.494 e. The number of aromatic nitrogens is 4. The lowest BCUT2D eigenvalue weighted by molar-refractivity contribution is 0.414. The van der Waals surface area contributed by atoms with Crippen LogP contribution < -0.4 is 14.8 Å². The van der Waals surface area contributed by atoms with Crippen molar-refractivity contribution < 1.29 is 13.2 Å². The van der Waals surface area contributed by atoms with Gasteiger partial charge in [-0.05, 0) is 49.1 Å². The number of hydrogen-bond donors (Lipinski definition) is 2. The molecular formula is C27H29ClN6O3S. The summed E-state index contributed by atoms with van der Waals surface area (Å²) in [5.74, 6) is 1.04. The number of nitrogens with one attached hydrogen (secondary N) is 2. The molecule has 4 aromatic rings. The first-order chi connectivity index (χ1) is 18.4. The molecule has 1 aliphatic rings. The quantitative estimate of drug-likeness (QED) is 0.279. The van der Waals surface area contributed by atoms with Crippen LogP contribution in [-0.2, 0) is 16.4 Å². The smallest absolute Gasteiger partial charge is 0.264 e. The maximum Gasteiger partial charge on any atom is 0.264 e. The Morgan fingerprint density at radius 2 is 1.87 bits per heavy atom. The molecule has 2 aromatic carbocycles. The van der Waals surface area contributed by atoms with E-state index in [2.05, 4.69) is 32.1 Å². The second-order valence-corrected chi connectivity index (χ2v) is 11.3. The Morgan fingerprint density at radius 3 is 2.61 bits per heavy atom. The number of nitrogens with zero attached hydrogens (tertiary/aromatic N) is 4. The molecule has 1 saturated carbocycles. The van der Waals surface area contributed by atoms with Gasteiger partial charge in [-0.1, -0.05) is 49.9 Å². The van der Waals surface area contributed by atoms with Crippen molar-refractivity contribution in [2.45, 2.75) is 56.4 Å². The number of halogens is 1. The molecule has 2 aromatic heterocycles. The van der Waals surface area contributed by atoms with Crippen molar-refractivity contribution in [1.82, 2.24) is 20.2 Å². The van der Waals surface area contributed by atoms with Crippen molar-refractivity contribution in [3.05, 3.63) is 59.2 Å². The first-order valence-electron chi connectivity index (χ1n) is 12.6. The Kier molecular flexibility index (Phi) is 7.62. The molecule has 2 heterocycles. The average Bonchev–Trinajstić information content (AvgIpc) is 2.93. The number of benzene rings is 2. The fourth-order valence-corrected chi connectivity index (χ4v) is 6.27. The summed E-state index contributed by atoms with van der Waals surface area (Å²) in [7, 11) is -2.46. The minimum absolute atomic E-state index is 0.0174. The Balaban J connectivity index is 1.46. The highest BCUT2D eigenvalue weighted by atomic mass is 35.5. The lowest BCUT2D eigenvalue weighted by atomic mass is 9.96. The van der Waals surface area contributed by atoms with E-state index in [1.807, 2.05) is 18.3 Å². The number of sulfonamides is 1. The SMILES string of the molecule is CCc1cc(-c2nnc(NS(=O)(=O)c3ccccc3Cl)cc2OC)cc2cnc(NC3CCCCC3)nc12. The number of fused-ring (bicyclic) bond motifs is 1. The molecule has 0 spiro atoms. The Hall–Kier alpha value is -3.50. The minimum atomic E-state index is -3.96. The van der Waals surface area contributed by atoms with Gasteiger partial charge in [-0.25, -0.2) is 18.4 Å². The van der Waals surface area contributed by atoms with Gasteiger partial charge in [-0.3, -0.25) is 4.72 Å². The molecule has 0 aliphatic heterocycles. The van der Waals surface area contributed by atoms with Crippen molar-refractivity contribution in [2.24, 2.45) is 0 Å². The zero-order chi connectivity index (χ0) is 26.7. The van der Waals surface area contributed by atoms with Crippen molar-refractivity contribution >= 4 is 44.3 Å². The first kappa shape index (κ1) is 26.1. The molecule has 1 fully saturated rings. The van der Waals surface area contributed by atoms with Crippen molar-refractivity contribution in [2.75, 3.05) is 17.1 Å². The summed E-state index contributed by atoms with van der Waals surface area (Å²) in [4.78, 5) is 9.35. The summed E-state index contributed by atoms with van der Waals surface area (Å²) in [6.07, 6.45) is 8.63. The van der Waals surface area contributed by atoms with Gasteiger partial charge in [0.25, 0.3) is 10.0 Å². The van der Waals surface area contributed by atoms with E-state index >= 15 is 0 Å². The second kappa shape index (κ2) is 11.1. The molecule has 9 nitrogen and oxygen atoms in total. The van der Waals surface area contributed by atoms with E-state index in [0.29, 0.717) is 23.4 Å². The largest absolute Gasteiger partial charge is 0.494 e. The van der Waals surface area contributed by atoms with Crippen LogP contribution in [0.5, 0.6) is 5.75 Å². The predicted octanol–water partition coefficient (Wildman–Crippen LogP) is 5.86. The third-order valence-electron chi connectivity index (χ3n) is 6.70. The van der Waals surface area contributed by atoms with Crippen LogP contribution in [0.25, 0.3) is 22.2 Å². The van der Waals surface area contributed by atoms with E-state index in [1.54, 1.807) is 12.1 Å². The third-order valence-corrected chi connectivity index (χ3v) is 8.55. The molecule has 0 bridgehead atoms. The molecule has 0 radical (unpaired) electrons. The number of aryl methyl sites for hydroxylation is 1.